The normalized spacial score (nSPS) is 10.7. The number of benzene rings is 2. The Bertz CT molecular complexity index is 720. The van der Waals surface area contributed by atoms with Gasteiger partial charge >= 0.3 is 0 Å². The van der Waals surface area contributed by atoms with Crippen molar-refractivity contribution in [2.24, 2.45) is 0 Å². The molecule has 0 saturated carbocycles. The van der Waals surface area contributed by atoms with Crippen LogP contribution in [0.1, 0.15) is 10.6 Å². The summed E-state index contributed by atoms with van der Waals surface area (Å²) in [7, 11) is 1.94. The zero-order valence-corrected chi connectivity index (χ0v) is 14.1. The van der Waals surface area contributed by atoms with Crippen LogP contribution in [0.3, 0.4) is 0 Å². The summed E-state index contributed by atoms with van der Waals surface area (Å²) in [6.45, 7) is 0. The molecule has 0 aliphatic heterocycles. The molecule has 0 aliphatic carbocycles. The summed E-state index contributed by atoms with van der Waals surface area (Å²) in [4.78, 5) is 0. The lowest BCUT2D eigenvalue weighted by atomic mass is 10.2. The number of fused-ring (bicyclic) bond motifs is 1. The highest BCUT2D eigenvalue weighted by Crippen LogP contribution is 2.21. The van der Waals surface area contributed by atoms with Crippen LogP contribution in [0, 0.1) is 0 Å². The van der Waals surface area contributed by atoms with Crippen LogP contribution in [0.5, 0.6) is 0 Å². The molecule has 0 unspecified atom stereocenters. The Balaban J connectivity index is 0.00000147. The highest BCUT2D eigenvalue weighted by atomic mass is 127. The molecule has 1 N–H and O–H groups in total. The zero-order valence-electron chi connectivity index (χ0n) is 11.1. The zero-order chi connectivity index (χ0) is 13.1. The fourth-order valence-electron chi connectivity index (χ4n) is 2.08. The molecule has 2 nitrogen and oxygen atoms in total. The fraction of sp³-hybridized carbons (Fsp3) is 0.0625. The number of halogens is 1. The average Bonchev–Trinajstić information content (AvgIpc) is 2.83. The third-order valence-corrected chi connectivity index (χ3v) is 4.08. The van der Waals surface area contributed by atoms with E-state index < -0.39 is 0 Å². The quantitative estimate of drug-likeness (QED) is 0.507. The molecule has 1 heterocycles. The van der Waals surface area contributed by atoms with Gasteiger partial charge in [-0.15, -0.1) is 0 Å². The van der Waals surface area contributed by atoms with Crippen LogP contribution in [-0.4, -0.2) is 7.05 Å². The standard InChI is InChI=1S/C16H15N2S.HI/c1-17-18-14-9-5-6-10-15(14)19-16(18)12-11-13-7-3-2-4-8-13;/h2-12,17H,1H3;1H/q+1;/p-1. The molecule has 0 amide bonds. The van der Waals surface area contributed by atoms with Crippen LogP contribution < -0.4 is 34.1 Å². The summed E-state index contributed by atoms with van der Waals surface area (Å²) in [5, 5.41) is 1.19. The second-order valence-electron chi connectivity index (χ2n) is 4.21. The largest absolute Gasteiger partial charge is 1.00 e. The van der Waals surface area contributed by atoms with Crippen LogP contribution in [-0.2, 0) is 0 Å². The topological polar surface area (TPSA) is 15.9 Å². The van der Waals surface area contributed by atoms with Gasteiger partial charge in [0.2, 0.25) is 0 Å². The lowest BCUT2D eigenvalue weighted by molar-refractivity contribution is -0.617. The van der Waals surface area contributed by atoms with Crippen molar-refractivity contribution in [2.45, 2.75) is 0 Å². The summed E-state index contributed by atoms with van der Waals surface area (Å²) in [6.07, 6.45) is 4.29. The first kappa shape index (κ1) is 15.0. The summed E-state index contributed by atoms with van der Waals surface area (Å²) < 4.78 is 3.39. The number of nitrogens with one attached hydrogen (secondary N) is 1. The van der Waals surface area contributed by atoms with Gasteiger partial charge in [0.15, 0.2) is 0 Å². The van der Waals surface area contributed by atoms with Crippen molar-refractivity contribution in [3.8, 4) is 0 Å². The summed E-state index contributed by atoms with van der Waals surface area (Å²) in [5.41, 5.74) is 5.65. The lowest BCUT2D eigenvalue weighted by Crippen LogP contribution is -3.00. The van der Waals surface area contributed by atoms with Gasteiger partial charge in [0.25, 0.3) is 10.5 Å². The smallest absolute Gasteiger partial charge is 0.291 e. The molecule has 2 aromatic carbocycles. The van der Waals surface area contributed by atoms with Gasteiger partial charge in [-0.2, -0.15) is 5.43 Å². The Morgan fingerprint density at radius 3 is 2.40 bits per heavy atom. The van der Waals surface area contributed by atoms with Gasteiger partial charge in [-0.05, 0) is 17.7 Å². The maximum absolute atomic E-state index is 3.23. The first-order valence-corrected chi connectivity index (χ1v) is 7.04. The predicted octanol–water partition coefficient (Wildman–Crippen LogP) is 0.537. The van der Waals surface area contributed by atoms with Crippen LogP contribution >= 0.6 is 11.3 Å². The van der Waals surface area contributed by atoms with Gasteiger partial charge in [-0.1, -0.05) is 58.5 Å². The molecule has 0 aliphatic rings. The van der Waals surface area contributed by atoms with Crippen LogP contribution in [0.4, 0.5) is 0 Å². The van der Waals surface area contributed by atoms with E-state index in [2.05, 4.69) is 70.8 Å². The van der Waals surface area contributed by atoms with Gasteiger partial charge in [0.1, 0.15) is 4.70 Å². The van der Waals surface area contributed by atoms with Crippen LogP contribution in [0.25, 0.3) is 22.4 Å². The molecule has 0 radical (unpaired) electrons. The highest BCUT2D eigenvalue weighted by Gasteiger charge is 2.16. The van der Waals surface area contributed by atoms with E-state index in [1.807, 2.05) is 13.1 Å². The molecule has 0 bridgehead atoms. The molecular formula is C16H15IN2S. The maximum atomic E-state index is 3.23. The lowest BCUT2D eigenvalue weighted by Gasteiger charge is -1.92. The molecule has 102 valence electrons. The number of aromatic nitrogens is 1. The van der Waals surface area contributed by atoms with E-state index >= 15 is 0 Å². The molecule has 0 atom stereocenters. The van der Waals surface area contributed by atoms with Gasteiger partial charge in [-0.3, -0.25) is 0 Å². The van der Waals surface area contributed by atoms with E-state index in [-0.39, 0.29) is 24.0 Å². The minimum absolute atomic E-state index is 0. The average molecular weight is 394 g/mol. The number of para-hydroxylation sites is 1. The van der Waals surface area contributed by atoms with Gasteiger partial charge in [0, 0.05) is 12.1 Å². The van der Waals surface area contributed by atoms with Crippen molar-refractivity contribution >= 4 is 33.7 Å². The first-order valence-electron chi connectivity index (χ1n) is 6.23. The summed E-state index contributed by atoms with van der Waals surface area (Å²) in [5.74, 6) is 0. The van der Waals surface area contributed by atoms with Crippen molar-refractivity contribution < 1.29 is 28.7 Å². The molecule has 3 rings (SSSR count). The van der Waals surface area contributed by atoms with Crippen molar-refractivity contribution in [3.05, 3.63) is 65.2 Å². The van der Waals surface area contributed by atoms with Crippen molar-refractivity contribution in [3.63, 3.8) is 0 Å². The van der Waals surface area contributed by atoms with E-state index in [1.165, 1.54) is 20.8 Å². The Morgan fingerprint density at radius 2 is 1.65 bits per heavy atom. The number of nitrogens with zero attached hydrogens (tertiary/aromatic N) is 1. The summed E-state index contributed by atoms with van der Waals surface area (Å²) in [6, 6.07) is 18.8. The number of hydrogen-bond donors (Lipinski definition) is 1. The van der Waals surface area contributed by atoms with Crippen molar-refractivity contribution in [2.75, 3.05) is 12.5 Å². The Hall–Kier alpha value is -1.40. The van der Waals surface area contributed by atoms with Gasteiger partial charge in [0.05, 0.1) is 7.05 Å². The van der Waals surface area contributed by atoms with Crippen LogP contribution in [0.15, 0.2) is 54.6 Å². The van der Waals surface area contributed by atoms with E-state index in [1.54, 1.807) is 11.3 Å². The summed E-state index contributed by atoms with van der Waals surface area (Å²) >= 11 is 1.78. The molecule has 1 aromatic heterocycles. The molecular weight excluding hydrogens is 379 g/mol. The molecule has 4 heteroatoms. The molecule has 0 spiro atoms. The molecule has 20 heavy (non-hydrogen) atoms. The van der Waals surface area contributed by atoms with E-state index in [4.69, 9.17) is 0 Å². The predicted molar refractivity (Wildman–Crippen MR) is 82.7 cm³/mol. The monoisotopic (exact) mass is 394 g/mol. The number of rotatable bonds is 3. The molecule has 3 aromatic rings. The Labute approximate surface area is 139 Å². The molecule has 0 saturated heterocycles. The number of thiazole rings is 1. The second-order valence-corrected chi connectivity index (χ2v) is 5.27. The van der Waals surface area contributed by atoms with Gasteiger partial charge in [-0.25, -0.2) is 0 Å². The fourth-order valence-corrected chi connectivity index (χ4v) is 3.13. The van der Waals surface area contributed by atoms with E-state index in [9.17, 15) is 0 Å². The minimum atomic E-state index is 0. The molecule has 0 fully saturated rings. The van der Waals surface area contributed by atoms with Crippen molar-refractivity contribution in [1.29, 1.82) is 0 Å². The maximum Gasteiger partial charge on any atom is 0.291 e. The minimum Gasteiger partial charge on any atom is -1.00 e. The second kappa shape index (κ2) is 6.85. The SMILES string of the molecule is CN[n+]1c(C=Cc2ccccc2)sc2ccccc21.[I-]. The Morgan fingerprint density at radius 1 is 0.950 bits per heavy atom. The van der Waals surface area contributed by atoms with Crippen LogP contribution in [0.2, 0.25) is 0 Å². The third-order valence-electron chi connectivity index (χ3n) is 2.98. The van der Waals surface area contributed by atoms with Crippen molar-refractivity contribution in [1.82, 2.24) is 0 Å². The first-order chi connectivity index (χ1) is 9.38. The third kappa shape index (κ3) is 3.02. The highest BCUT2D eigenvalue weighted by molar-refractivity contribution is 7.18. The van der Waals surface area contributed by atoms with E-state index in [0.29, 0.717) is 0 Å². The number of hydrogen-bond acceptors (Lipinski definition) is 2. The van der Waals surface area contributed by atoms with Gasteiger partial charge < -0.3 is 24.0 Å². The van der Waals surface area contributed by atoms with E-state index in [0.717, 1.165) is 0 Å². The Kier molecular flexibility index (Phi) is 5.14.